The van der Waals surface area contributed by atoms with E-state index in [0.717, 1.165) is 5.56 Å². The zero-order valence-corrected chi connectivity index (χ0v) is 16.3. The molecule has 148 valence electrons. The summed E-state index contributed by atoms with van der Waals surface area (Å²) in [5, 5.41) is 12.0. The van der Waals surface area contributed by atoms with Gasteiger partial charge in [0, 0.05) is 31.6 Å². The minimum Gasteiger partial charge on any atom is -0.478 e. The lowest BCUT2D eigenvalue weighted by Gasteiger charge is -2.18. The van der Waals surface area contributed by atoms with Crippen molar-refractivity contribution < 1.29 is 19.5 Å². The number of carboxylic acid groups (broad SMARTS) is 1. The molecule has 0 aliphatic rings. The van der Waals surface area contributed by atoms with E-state index in [0.29, 0.717) is 37.2 Å². The van der Waals surface area contributed by atoms with Gasteiger partial charge in [0.1, 0.15) is 0 Å². The normalized spacial score (nSPS) is 10.4. The van der Waals surface area contributed by atoms with E-state index in [1.165, 1.54) is 6.07 Å². The van der Waals surface area contributed by atoms with Crippen LogP contribution < -0.4 is 5.32 Å². The van der Waals surface area contributed by atoms with Gasteiger partial charge in [-0.05, 0) is 49.6 Å². The van der Waals surface area contributed by atoms with Gasteiger partial charge in [0.25, 0.3) is 5.91 Å². The lowest BCUT2D eigenvalue weighted by Crippen LogP contribution is -2.30. The molecule has 0 fully saturated rings. The lowest BCUT2D eigenvalue weighted by atomic mass is 10.0. The van der Waals surface area contributed by atoms with Gasteiger partial charge in [-0.2, -0.15) is 0 Å². The quantitative estimate of drug-likeness (QED) is 0.698. The Morgan fingerprint density at radius 3 is 2.21 bits per heavy atom. The van der Waals surface area contributed by atoms with Gasteiger partial charge < -0.3 is 15.3 Å². The molecule has 6 nitrogen and oxygen atoms in total. The highest BCUT2D eigenvalue weighted by atomic mass is 16.4. The molecular formula is C22H26N2O4. The molecule has 0 atom stereocenters. The zero-order chi connectivity index (χ0) is 20.5. The Kier molecular flexibility index (Phi) is 7.75. The summed E-state index contributed by atoms with van der Waals surface area (Å²) in [5.74, 6) is -1.14. The van der Waals surface area contributed by atoms with Crippen molar-refractivity contribution in [3.63, 3.8) is 0 Å². The first-order valence-electron chi connectivity index (χ1n) is 9.42. The van der Waals surface area contributed by atoms with E-state index >= 15 is 0 Å². The number of nitrogens with one attached hydrogen (secondary N) is 1. The van der Waals surface area contributed by atoms with Crippen LogP contribution in [0.25, 0.3) is 0 Å². The number of amides is 2. The Hall–Kier alpha value is -3.15. The van der Waals surface area contributed by atoms with Gasteiger partial charge in [0.2, 0.25) is 5.91 Å². The van der Waals surface area contributed by atoms with Crippen molar-refractivity contribution in [2.45, 2.75) is 33.2 Å². The van der Waals surface area contributed by atoms with Crippen LogP contribution in [0.1, 0.15) is 52.1 Å². The number of carbonyl (C=O) groups excluding carboxylic acids is 2. The van der Waals surface area contributed by atoms with Gasteiger partial charge in [-0.15, -0.1) is 0 Å². The molecule has 28 heavy (non-hydrogen) atoms. The molecule has 0 spiro atoms. The maximum atomic E-state index is 12.3. The van der Waals surface area contributed by atoms with Crippen molar-refractivity contribution in [1.29, 1.82) is 0 Å². The van der Waals surface area contributed by atoms with Gasteiger partial charge in [0.15, 0.2) is 0 Å². The Balaban J connectivity index is 1.86. The molecular weight excluding hydrogens is 356 g/mol. The number of aryl methyl sites for hydroxylation is 1. The molecule has 0 bridgehead atoms. The molecule has 2 aromatic carbocycles. The van der Waals surface area contributed by atoms with Gasteiger partial charge in [-0.25, -0.2) is 4.79 Å². The summed E-state index contributed by atoms with van der Waals surface area (Å²) in [6, 6.07) is 13.9. The molecule has 0 saturated carbocycles. The molecule has 2 aromatic rings. The second-order valence-electron chi connectivity index (χ2n) is 6.41. The summed E-state index contributed by atoms with van der Waals surface area (Å²) in [6.07, 6.45) is 0.578. The first-order valence-corrected chi connectivity index (χ1v) is 9.42. The summed E-state index contributed by atoms with van der Waals surface area (Å²) < 4.78 is 0. The first kappa shape index (κ1) is 21.2. The van der Waals surface area contributed by atoms with E-state index in [4.69, 9.17) is 0 Å². The maximum absolute atomic E-state index is 12.3. The Labute approximate surface area is 165 Å². The fourth-order valence-corrected chi connectivity index (χ4v) is 2.94. The SMILES string of the molecule is CCN(CC)C(=O)c1ccc(CNC(=O)CCc2ccccc2C(=O)O)cc1. The van der Waals surface area contributed by atoms with Crippen molar-refractivity contribution in [2.24, 2.45) is 0 Å². The standard InChI is InChI=1S/C22H26N2O4/c1-3-24(4-2)21(26)18-11-9-16(10-12-18)15-23-20(25)14-13-17-7-5-6-8-19(17)22(27)28/h5-12H,3-4,13-15H2,1-2H3,(H,23,25)(H,27,28). The van der Waals surface area contributed by atoms with Crippen LogP contribution in [0.2, 0.25) is 0 Å². The van der Waals surface area contributed by atoms with Crippen LogP contribution in [-0.4, -0.2) is 40.9 Å². The van der Waals surface area contributed by atoms with E-state index in [9.17, 15) is 19.5 Å². The van der Waals surface area contributed by atoms with Gasteiger partial charge in [-0.3, -0.25) is 9.59 Å². The topological polar surface area (TPSA) is 86.7 Å². The summed E-state index contributed by atoms with van der Waals surface area (Å²) in [7, 11) is 0. The summed E-state index contributed by atoms with van der Waals surface area (Å²) in [5.41, 5.74) is 2.40. The van der Waals surface area contributed by atoms with Crippen LogP contribution in [0.5, 0.6) is 0 Å². The van der Waals surface area contributed by atoms with E-state index in [1.54, 1.807) is 35.2 Å². The molecule has 6 heteroatoms. The average molecular weight is 382 g/mol. The highest BCUT2D eigenvalue weighted by Crippen LogP contribution is 2.12. The summed E-state index contributed by atoms with van der Waals surface area (Å²) in [6.45, 7) is 5.58. The maximum Gasteiger partial charge on any atom is 0.335 e. The second kappa shape index (κ2) is 10.3. The average Bonchev–Trinajstić information content (AvgIpc) is 2.72. The predicted molar refractivity (Wildman–Crippen MR) is 107 cm³/mol. The minimum atomic E-state index is -0.990. The van der Waals surface area contributed by atoms with Crippen molar-refractivity contribution in [2.75, 3.05) is 13.1 Å². The van der Waals surface area contributed by atoms with E-state index in [2.05, 4.69) is 5.32 Å². The molecule has 0 aliphatic carbocycles. The van der Waals surface area contributed by atoms with E-state index in [-0.39, 0.29) is 23.8 Å². The first-order chi connectivity index (χ1) is 13.5. The number of carboxylic acids is 1. The highest BCUT2D eigenvalue weighted by Gasteiger charge is 2.13. The number of carbonyl (C=O) groups is 3. The Morgan fingerprint density at radius 2 is 1.61 bits per heavy atom. The van der Waals surface area contributed by atoms with Gasteiger partial charge in [-0.1, -0.05) is 30.3 Å². The number of aromatic carboxylic acids is 1. The summed E-state index contributed by atoms with van der Waals surface area (Å²) in [4.78, 5) is 37.3. The molecule has 2 rings (SSSR count). The Bertz CT molecular complexity index is 827. The van der Waals surface area contributed by atoms with Crippen LogP contribution in [0.15, 0.2) is 48.5 Å². The van der Waals surface area contributed by atoms with Crippen molar-refractivity contribution in [3.05, 3.63) is 70.8 Å². The van der Waals surface area contributed by atoms with E-state index in [1.807, 2.05) is 26.0 Å². The molecule has 0 heterocycles. The lowest BCUT2D eigenvalue weighted by molar-refractivity contribution is -0.121. The fourth-order valence-electron chi connectivity index (χ4n) is 2.94. The third-order valence-electron chi connectivity index (χ3n) is 4.61. The number of hydrogen-bond acceptors (Lipinski definition) is 3. The van der Waals surface area contributed by atoms with Crippen molar-refractivity contribution in [1.82, 2.24) is 10.2 Å². The monoisotopic (exact) mass is 382 g/mol. The largest absolute Gasteiger partial charge is 0.478 e. The number of rotatable bonds is 9. The molecule has 0 radical (unpaired) electrons. The number of nitrogens with zero attached hydrogens (tertiary/aromatic N) is 1. The van der Waals surface area contributed by atoms with Crippen LogP contribution in [0.4, 0.5) is 0 Å². The van der Waals surface area contributed by atoms with Crippen molar-refractivity contribution >= 4 is 17.8 Å². The Morgan fingerprint density at radius 1 is 0.964 bits per heavy atom. The smallest absolute Gasteiger partial charge is 0.335 e. The third kappa shape index (κ3) is 5.67. The molecule has 0 aromatic heterocycles. The zero-order valence-electron chi connectivity index (χ0n) is 16.3. The van der Waals surface area contributed by atoms with E-state index < -0.39 is 5.97 Å². The minimum absolute atomic E-state index is 0.00215. The molecule has 0 saturated heterocycles. The fraction of sp³-hybridized carbons (Fsp3) is 0.318. The summed E-state index contributed by atoms with van der Waals surface area (Å²) >= 11 is 0. The highest BCUT2D eigenvalue weighted by molar-refractivity contribution is 5.94. The molecule has 2 amide bonds. The predicted octanol–water partition coefficient (Wildman–Crippen LogP) is 3.12. The van der Waals surface area contributed by atoms with Crippen molar-refractivity contribution in [3.8, 4) is 0 Å². The van der Waals surface area contributed by atoms with Crippen LogP contribution >= 0.6 is 0 Å². The van der Waals surface area contributed by atoms with Crippen LogP contribution in [0.3, 0.4) is 0 Å². The molecule has 2 N–H and O–H groups in total. The second-order valence-corrected chi connectivity index (χ2v) is 6.41. The van der Waals surface area contributed by atoms with Crippen LogP contribution in [-0.2, 0) is 17.8 Å². The number of hydrogen-bond donors (Lipinski definition) is 2. The molecule has 0 unspecified atom stereocenters. The number of benzene rings is 2. The third-order valence-corrected chi connectivity index (χ3v) is 4.61. The van der Waals surface area contributed by atoms with Gasteiger partial charge >= 0.3 is 5.97 Å². The van der Waals surface area contributed by atoms with Crippen LogP contribution in [0, 0.1) is 0 Å². The van der Waals surface area contributed by atoms with Gasteiger partial charge in [0.05, 0.1) is 5.56 Å². The molecule has 0 aliphatic heterocycles.